The number of nitrogens with zero attached hydrogens (tertiary/aromatic N) is 1. The molecule has 3 unspecified atom stereocenters. The van der Waals surface area contributed by atoms with E-state index in [0.717, 1.165) is 13.1 Å². The molecule has 104 valence electrons. The first-order chi connectivity index (χ1) is 8.84. The molecule has 3 fully saturated rings. The first kappa shape index (κ1) is 12.8. The molecule has 0 spiro atoms. The molecule has 0 aromatic rings. The normalized spacial score (nSPS) is 40.2. The second kappa shape index (κ2) is 5.81. The fourth-order valence-corrected chi connectivity index (χ4v) is 3.47. The molecule has 3 atom stereocenters. The third kappa shape index (κ3) is 2.68. The van der Waals surface area contributed by atoms with Gasteiger partial charge in [-0.2, -0.15) is 5.48 Å². The van der Waals surface area contributed by atoms with Crippen molar-refractivity contribution in [3.63, 3.8) is 0 Å². The zero-order valence-corrected chi connectivity index (χ0v) is 10.9. The van der Waals surface area contributed by atoms with E-state index >= 15 is 0 Å². The van der Waals surface area contributed by atoms with Crippen LogP contribution < -0.4 is 21.8 Å². The van der Waals surface area contributed by atoms with Gasteiger partial charge < -0.3 is 11.1 Å². The number of nitrogens with two attached hydrogens (primary N) is 1. The first-order valence-corrected chi connectivity index (χ1v) is 7.15. The molecule has 0 aromatic carbocycles. The average Bonchev–Trinajstić information content (AvgIpc) is 2.94. The first-order valence-electron chi connectivity index (χ1n) is 7.15. The monoisotopic (exact) mass is 255 g/mol. The molecule has 3 rings (SSSR count). The molecule has 0 radical (unpaired) electrons. The molecule has 3 saturated heterocycles. The molecule has 5 N–H and O–H groups in total. The van der Waals surface area contributed by atoms with Crippen LogP contribution in [0.4, 0.5) is 0 Å². The number of rotatable bonds is 2. The molecular weight excluding hydrogens is 230 g/mol. The van der Waals surface area contributed by atoms with Gasteiger partial charge in [0, 0.05) is 18.6 Å². The highest BCUT2D eigenvalue weighted by molar-refractivity contribution is 4.91. The maximum atomic E-state index is 6.22. The SMILES string of the molecule is NC1CNCCC1N1CCC(C2NCON2)CC1. The van der Waals surface area contributed by atoms with Crippen LogP contribution in [0.25, 0.3) is 0 Å². The summed E-state index contributed by atoms with van der Waals surface area (Å²) in [6.45, 7) is 5.04. The lowest BCUT2D eigenvalue weighted by atomic mass is 9.90. The molecule has 0 amide bonds. The lowest BCUT2D eigenvalue weighted by Crippen LogP contribution is -2.59. The fraction of sp³-hybridized carbons (Fsp3) is 1.00. The lowest BCUT2D eigenvalue weighted by molar-refractivity contribution is 0.0518. The van der Waals surface area contributed by atoms with E-state index in [2.05, 4.69) is 21.0 Å². The van der Waals surface area contributed by atoms with Gasteiger partial charge in [0.05, 0.1) is 6.17 Å². The fourth-order valence-electron chi connectivity index (χ4n) is 3.47. The van der Waals surface area contributed by atoms with Gasteiger partial charge in [-0.25, -0.2) is 0 Å². The van der Waals surface area contributed by atoms with Gasteiger partial charge in [0.25, 0.3) is 0 Å². The zero-order valence-electron chi connectivity index (χ0n) is 10.9. The molecule has 0 aliphatic carbocycles. The van der Waals surface area contributed by atoms with E-state index in [4.69, 9.17) is 10.6 Å². The Bertz CT molecular complexity index is 263. The van der Waals surface area contributed by atoms with Gasteiger partial charge in [-0.1, -0.05) is 0 Å². The van der Waals surface area contributed by atoms with Gasteiger partial charge in [-0.05, 0) is 44.8 Å². The van der Waals surface area contributed by atoms with Crippen LogP contribution in [0, 0.1) is 5.92 Å². The van der Waals surface area contributed by atoms with E-state index in [0.29, 0.717) is 30.9 Å². The third-order valence-electron chi connectivity index (χ3n) is 4.59. The molecule has 0 saturated carbocycles. The molecule has 0 aromatic heterocycles. The molecule has 6 nitrogen and oxygen atoms in total. The molecule has 3 heterocycles. The molecule has 0 bridgehead atoms. The minimum absolute atomic E-state index is 0.293. The van der Waals surface area contributed by atoms with E-state index in [1.54, 1.807) is 0 Å². The van der Waals surface area contributed by atoms with Crippen molar-refractivity contribution in [2.45, 2.75) is 37.5 Å². The maximum Gasteiger partial charge on any atom is 0.120 e. The third-order valence-corrected chi connectivity index (χ3v) is 4.59. The summed E-state index contributed by atoms with van der Waals surface area (Å²) in [6, 6.07) is 0.870. The number of nitrogens with one attached hydrogen (secondary N) is 3. The summed E-state index contributed by atoms with van der Waals surface area (Å²) in [4.78, 5) is 7.76. The molecule has 3 aliphatic heterocycles. The molecular formula is C12H25N5O. The largest absolute Gasteiger partial charge is 0.325 e. The molecule has 18 heavy (non-hydrogen) atoms. The highest BCUT2D eigenvalue weighted by Gasteiger charge is 2.33. The second-order valence-electron chi connectivity index (χ2n) is 5.69. The Morgan fingerprint density at radius 1 is 1.17 bits per heavy atom. The van der Waals surface area contributed by atoms with E-state index < -0.39 is 0 Å². The van der Waals surface area contributed by atoms with Crippen LogP contribution in [0.3, 0.4) is 0 Å². The van der Waals surface area contributed by atoms with Crippen LogP contribution >= 0.6 is 0 Å². The van der Waals surface area contributed by atoms with E-state index in [1.807, 2.05) is 0 Å². The Labute approximate surface area is 109 Å². The summed E-state index contributed by atoms with van der Waals surface area (Å²) in [7, 11) is 0. The predicted molar refractivity (Wildman–Crippen MR) is 69.6 cm³/mol. The maximum absolute atomic E-state index is 6.22. The minimum Gasteiger partial charge on any atom is -0.325 e. The van der Waals surface area contributed by atoms with Gasteiger partial charge in [-0.15, -0.1) is 0 Å². The highest BCUT2D eigenvalue weighted by Crippen LogP contribution is 2.24. The number of piperidine rings is 2. The van der Waals surface area contributed by atoms with E-state index in [1.165, 1.54) is 32.4 Å². The Balaban J connectivity index is 1.49. The zero-order chi connectivity index (χ0) is 12.4. The van der Waals surface area contributed by atoms with Crippen molar-refractivity contribution in [2.24, 2.45) is 11.7 Å². The summed E-state index contributed by atoms with van der Waals surface area (Å²) in [5.74, 6) is 0.682. The Hall–Kier alpha value is -0.240. The Morgan fingerprint density at radius 2 is 2.00 bits per heavy atom. The Morgan fingerprint density at radius 3 is 2.67 bits per heavy atom. The van der Waals surface area contributed by atoms with Crippen LogP contribution in [0.5, 0.6) is 0 Å². The van der Waals surface area contributed by atoms with Gasteiger partial charge in [0.1, 0.15) is 6.73 Å². The number of hydrogen-bond donors (Lipinski definition) is 4. The quantitative estimate of drug-likeness (QED) is 0.496. The van der Waals surface area contributed by atoms with Crippen LogP contribution in [0.1, 0.15) is 19.3 Å². The van der Waals surface area contributed by atoms with Crippen molar-refractivity contribution in [3.05, 3.63) is 0 Å². The highest BCUT2D eigenvalue weighted by atomic mass is 16.7. The smallest absolute Gasteiger partial charge is 0.120 e. The van der Waals surface area contributed by atoms with Crippen LogP contribution in [0.2, 0.25) is 0 Å². The van der Waals surface area contributed by atoms with E-state index in [-0.39, 0.29) is 0 Å². The van der Waals surface area contributed by atoms with Crippen LogP contribution in [-0.4, -0.2) is 56.1 Å². The van der Waals surface area contributed by atoms with Crippen molar-refractivity contribution in [1.29, 1.82) is 0 Å². The second-order valence-corrected chi connectivity index (χ2v) is 5.69. The van der Waals surface area contributed by atoms with E-state index in [9.17, 15) is 0 Å². The molecule has 6 heteroatoms. The van der Waals surface area contributed by atoms with Gasteiger partial charge >= 0.3 is 0 Å². The van der Waals surface area contributed by atoms with Gasteiger partial charge in [-0.3, -0.25) is 15.1 Å². The lowest BCUT2D eigenvalue weighted by Gasteiger charge is -2.43. The predicted octanol–water partition coefficient (Wildman–Crippen LogP) is -1.20. The number of likely N-dealkylation sites (tertiary alicyclic amines) is 1. The van der Waals surface area contributed by atoms with Crippen molar-refractivity contribution < 1.29 is 4.84 Å². The average molecular weight is 255 g/mol. The summed E-state index contributed by atoms with van der Waals surface area (Å²) >= 11 is 0. The van der Waals surface area contributed by atoms with Crippen molar-refractivity contribution >= 4 is 0 Å². The number of hydroxylamine groups is 1. The Kier molecular flexibility index (Phi) is 4.13. The minimum atomic E-state index is 0.293. The summed E-state index contributed by atoms with van der Waals surface area (Å²) < 4.78 is 0. The molecule has 3 aliphatic rings. The summed E-state index contributed by atoms with van der Waals surface area (Å²) in [5, 5.41) is 6.71. The van der Waals surface area contributed by atoms with Gasteiger partial charge in [0.15, 0.2) is 0 Å². The number of hydrogen-bond acceptors (Lipinski definition) is 6. The van der Waals surface area contributed by atoms with Crippen LogP contribution in [0.15, 0.2) is 0 Å². The summed E-state index contributed by atoms with van der Waals surface area (Å²) in [5.41, 5.74) is 9.28. The van der Waals surface area contributed by atoms with Gasteiger partial charge in [0.2, 0.25) is 0 Å². The van der Waals surface area contributed by atoms with Crippen LogP contribution in [-0.2, 0) is 4.84 Å². The standard InChI is InChI=1S/C12H25N5O/c13-10-7-14-4-1-11(10)17-5-2-9(3-6-17)12-15-8-18-16-12/h9-12,14-16H,1-8,13H2. The topological polar surface area (TPSA) is 74.6 Å². The summed E-state index contributed by atoms with van der Waals surface area (Å²) in [6.07, 6.45) is 3.98. The van der Waals surface area contributed by atoms with Crippen molar-refractivity contribution in [1.82, 2.24) is 21.0 Å². The van der Waals surface area contributed by atoms with Crippen molar-refractivity contribution in [3.8, 4) is 0 Å². The van der Waals surface area contributed by atoms with Crippen molar-refractivity contribution in [2.75, 3.05) is 32.9 Å².